The van der Waals surface area contributed by atoms with Crippen LogP contribution >= 0.6 is 0 Å². The highest BCUT2D eigenvalue weighted by Crippen LogP contribution is 2.23. The Morgan fingerprint density at radius 2 is 1.75 bits per heavy atom. The van der Waals surface area contributed by atoms with Crippen LogP contribution in [0.5, 0.6) is 0 Å². The van der Waals surface area contributed by atoms with E-state index in [1.54, 1.807) is 22.9 Å². The van der Waals surface area contributed by atoms with Crippen LogP contribution in [0.3, 0.4) is 0 Å². The third kappa shape index (κ3) is 2.74. The molecule has 0 saturated heterocycles. The van der Waals surface area contributed by atoms with Crippen molar-refractivity contribution in [3.8, 4) is 0 Å². The number of carboxylic acid groups (broad SMARTS) is 1. The lowest BCUT2D eigenvalue weighted by molar-refractivity contribution is 0.0698. The number of hydrogen-bond acceptors (Lipinski definition) is 3. The normalized spacial score (nSPS) is 11.0. The van der Waals surface area contributed by atoms with Crippen LogP contribution in [0.4, 0.5) is 5.69 Å². The number of anilines is 1. The number of nitrogens with one attached hydrogen (secondary N) is 1. The molecule has 0 saturated carbocycles. The Balaban J connectivity index is 2.03. The molecule has 24 heavy (non-hydrogen) atoms. The minimum absolute atomic E-state index is 0.0402. The van der Waals surface area contributed by atoms with Gasteiger partial charge in [-0.3, -0.25) is 9.48 Å². The van der Waals surface area contributed by atoms with Crippen LogP contribution in [0.2, 0.25) is 0 Å². The molecule has 0 aliphatic carbocycles. The molecule has 1 aromatic heterocycles. The van der Waals surface area contributed by atoms with E-state index < -0.39 is 11.9 Å². The van der Waals surface area contributed by atoms with E-state index in [0.717, 1.165) is 10.9 Å². The standard InChI is InChI=1S/C18H17N3O3/c1-11(2)21-15-10-6-4-8-13(15)16(20-21)17(22)19-14-9-5-3-7-12(14)18(23)24/h3-11H,1-2H3,(H,19,22)(H,23,24). The van der Waals surface area contributed by atoms with Crippen LogP contribution in [0.25, 0.3) is 10.9 Å². The number of carbonyl (C=O) groups excluding carboxylic acids is 1. The molecule has 6 nitrogen and oxygen atoms in total. The van der Waals surface area contributed by atoms with Crippen LogP contribution in [0.15, 0.2) is 48.5 Å². The first kappa shape index (κ1) is 15.7. The quantitative estimate of drug-likeness (QED) is 0.769. The van der Waals surface area contributed by atoms with Crippen molar-refractivity contribution >= 4 is 28.5 Å². The molecule has 6 heteroatoms. The Morgan fingerprint density at radius 3 is 2.46 bits per heavy atom. The van der Waals surface area contributed by atoms with E-state index >= 15 is 0 Å². The summed E-state index contributed by atoms with van der Waals surface area (Å²) in [6, 6.07) is 13.9. The van der Waals surface area contributed by atoms with E-state index in [9.17, 15) is 14.7 Å². The number of para-hydroxylation sites is 2. The van der Waals surface area contributed by atoms with Crippen molar-refractivity contribution in [1.29, 1.82) is 0 Å². The molecule has 3 aromatic rings. The van der Waals surface area contributed by atoms with Gasteiger partial charge in [-0.15, -0.1) is 0 Å². The first-order chi connectivity index (χ1) is 11.5. The van der Waals surface area contributed by atoms with Gasteiger partial charge in [0, 0.05) is 11.4 Å². The molecule has 0 aliphatic rings. The maximum atomic E-state index is 12.7. The van der Waals surface area contributed by atoms with Crippen molar-refractivity contribution in [2.45, 2.75) is 19.9 Å². The molecule has 2 N–H and O–H groups in total. The van der Waals surface area contributed by atoms with E-state index in [1.807, 2.05) is 38.1 Å². The van der Waals surface area contributed by atoms with Crippen molar-refractivity contribution in [2.75, 3.05) is 5.32 Å². The van der Waals surface area contributed by atoms with Gasteiger partial charge < -0.3 is 10.4 Å². The second-order valence-corrected chi connectivity index (χ2v) is 5.71. The lowest BCUT2D eigenvalue weighted by Gasteiger charge is -2.07. The van der Waals surface area contributed by atoms with E-state index in [2.05, 4.69) is 10.4 Å². The zero-order valence-corrected chi connectivity index (χ0v) is 13.4. The van der Waals surface area contributed by atoms with E-state index in [-0.39, 0.29) is 23.0 Å². The zero-order chi connectivity index (χ0) is 17.3. The monoisotopic (exact) mass is 323 g/mol. The Hall–Kier alpha value is -3.15. The number of aromatic carboxylic acids is 1. The summed E-state index contributed by atoms with van der Waals surface area (Å²) in [5.74, 6) is -1.53. The zero-order valence-electron chi connectivity index (χ0n) is 13.4. The fraction of sp³-hybridized carbons (Fsp3) is 0.167. The van der Waals surface area contributed by atoms with E-state index in [1.165, 1.54) is 6.07 Å². The number of aromatic nitrogens is 2. The van der Waals surface area contributed by atoms with Crippen LogP contribution in [-0.2, 0) is 0 Å². The molecule has 0 spiro atoms. The average molecular weight is 323 g/mol. The number of rotatable bonds is 4. The van der Waals surface area contributed by atoms with Gasteiger partial charge in [0.05, 0.1) is 16.8 Å². The topological polar surface area (TPSA) is 84.2 Å². The summed E-state index contributed by atoms with van der Waals surface area (Å²) in [4.78, 5) is 23.9. The summed E-state index contributed by atoms with van der Waals surface area (Å²) in [7, 11) is 0. The van der Waals surface area contributed by atoms with Gasteiger partial charge in [0.2, 0.25) is 0 Å². The van der Waals surface area contributed by atoms with Crippen molar-refractivity contribution in [2.24, 2.45) is 0 Å². The fourth-order valence-electron chi connectivity index (χ4n) is 2.61. The number of carbonyl (C=O) groups is 2. The van der Waals surface area contributed by atoms with Crippen LogP contribution in [0.1, 0.15) is 40.7 Å². The van der Waals surface area contributed by atoms with Crippen molar-refractivity contribution in [3.05, 3.63) is 59.8 Å². The summed E-state index contributed by atoms with van der Waals surface area (Å²) in [6.07, 6.45) is 0. The average Bonchev–Trinajstić information content (AvgIpc) is 2.95. The summed E-state index contributed by atoms with van der Waals surface area (Å²) in [5.41, 5.74) is 1.43. The lowest BCUT2D eigenvalue weighted by Crippen LogP contribution is -2.16. The molecule has 0 atom stereocenters. The number of hydrogen-bond donors (Lipinski definition) is 2. The number of amides is 1. The Labute approximate surface area is 138 Å². The van der Waals surface area contributed by atoms with Gasteiger partial charge in [0.15, 0.2) is 5.69 Å². The smallest absolute Gasteiger partial charge is 0.337 e. The van der Waals surface area contributed by atoms with Gasteiger partial charge in [-0.1, -0.05) is 30.3 Å². The number of nitrogens with zero attached hydrogens (tertiary/aromatic N) is 2. The molecule has 0 bridgehead atoms. The first-order valence-electron chi connectivity index (χ1n) is 7.60. The van der Waals surface area contributed by atoms with E-state index in [4.69, 9.17) is 0 Å². The van der Waals surface area contributed by atoms with Crippen LogP contribution in [0, 0.1) is 0 Å². The van der Waals surface area contributed by atoms with Crippen LogP contribution in [-0.4, -0.2) is 26.8 Å². The van der Waals surface area contributed by atoms with Gasteiger partial charge in [-0.2, -0.15) is 5.10 Å². The predicted octanol–water partition coefficient (Wildman–Crippen LogP) is 3.57. The minimum Gasteiger partial charge on any atom is -0.478 e. The Kier molecular flexibility index (Phi) is 4.04. The van der Waals surface area contributed by atoms with Crippen molar-refractivity contribution < 1.29 is 14.7 Å². The first-order valence-corrected chi connectivity index (χ1v) is 7.60. The Morgan fingerprint density at radius 1 is 1.08 bits per heavy atom. The molecule has 1 amide bonds. The third-order valence-corrected chi connectivity index (χ3v) is 3.72. The molecule has 0 aliphatic heterocycles. The maximum absolute atomic E-state index is 12.7. The highest BCUT2D eigenvalue weighted by atomic mass is 16.4. The molecular formula is C18H17N3O3. The SMILES string of the molecule is CC(C)n1nc(C(=O)Nc2ccccc2C(=O)O)c2ccccc21. The molecule has 0 unspecified atom stereocenters. The number of fused-ring (bicyclic) bond motifs is 1. The number of carboxylic acids is 1. The lowest BCUT2D eigenvalue weighted by atomic mass is 10.1. The van der Waals surface area contributed by atoms with Gasteiger partial charge in [0.25, 0.3) is 5.91 Å². The second-order valence-electron chi connectivity index (χ2n) is 5.71. The largest absolute Gasteiger partial charge is 0.478 e. The molecule has 1 heterocycles. The third-order valence-electron chi connectivity index (χ3n) is 3.72. The highest BCUT2D eigenvalue weighted by molar-refractivity contribution is 6.12. The predicted molar refractivity (Wildman–Crippen MR) is 91.5 cm³/mol. The summed E-state index contributed by atoms with van der Waals surface area (Å²) in [5, 5.41) is 17.0. The summed E-state index contributed by atoms with van der Waals surface area (Å²) in [6.45, 7) is 3.97. The second kappa shape index (κ2) is 6.16. The summed E-state index contributed by atoms with van der Waals surface area (Å²) < 4.78 is 1.79. The summed E-state index contributed by atoms with van der Waals surface area (Å²) >= 11 is 0. The van der Waals surface area contributed by atoms with Gasteiger partial charge >= 0.3 is 5.97 Å². The molecular weight excluding hydrogens is 306 g/mol. The van der Waals surface area contributed by atoms with E-state index in [0.29, 0.717) is 0 Å². The Bertz CT molecular complexity index is 928. The van der Waals surface area contributed by atoms with Gasteiger partial charge in [-0.25, -0.2) is 4.79 Å². The van der Waals surface area contributed by atoms with Crippen LogP contribution < -0.4 is 5.32 Å². The van der Waals surface area contributed by atoms with Gasteiger partial charge in [0.1, 0.15) is 0 Å². The maximum Gasteiger partial charge on any atom is 0.337 e. The molecule has 0 radical (unpaired) electrons. The fourth-order valence-corrected chi connectivity index (χ4v) is 2.61. The minimum atomic E-state index is -1.09. The van der Waals surface area contributed by atoms with Crippen molar-refractivity contribution in [3.63, 3.8) is 0 Å². The van der Waals surface area contributed by atoms with Gasteiger partial charge in [-0.05, 0) is 32.0 Å². The molecule has 3 rings (SSSR count). The highest BCUT2D eigenvalue weighted by Gasteiger charge is 2.20. The molecule has 0 fully saturated rings. The number of benzene rings is 2. The molecule has 2 aromatic carbocycles. The molecule has 122 valence electrons. The van der Waals surface area contributed by atoms with Crippen molar-refractivity contribution in [1.82, 2.24) is 9.78 Å².